The number of Topliss-reactive ketones (excluding diaryl/α,β-unsaturated/α-hetero) is 1. The van der Waals surface area contributed by atoms with Crippen LogP contribution in [-0.2, 0) is 23.7 Å². The lowest BCUT2D eigenvalue weighted by molar-refractivity contribution is -0.128. The number of nitriles is 1. The minimum absolute atomic E-state index is 0.0402. The van der Waals surface area contributed by atoms with Gasteiger partial charge in [-0.05, 0) is 35.6 Å². The molecule has 0 spiro atoms. The second kappa shape index (κ2) is 6.15. The molecule has 2 aliphatic carbocycles. The van der Waals surface area contributed by atoms with Gasteiger partial charge in [0.05, 0.1) is 17.0 Å². The van der Waals surface area contributed by atoms with Crippen molar-refractivity contribution in [2.24, 2.45) is 18.4 Å². The van der Waals surface area contributed by atoms with E-state index in [1.165, 1.54) is 16.3 Å². The number of fused-ring (bicyclic) bond motifs is 4. The van der Waals surface area contributed by atoms with Crippen molar-refractivity contribution in [1.82, 2.24) is 9.78 Å². The zero-order valence-corrected chi connectivity index (χ0v) is 17.9. The Morgan fingerprint density at radius 1 is 1.13 bits per heavy atom. The minimum atomic E-state index is -0.577. The Bertz CT molecular complexity index is 1290. The lowest BCUT2D eigenvalue weighted by Crippen LogP contribution is -2.51. The third-order valence-corrected chi connectivity index (χ3v) is 7.35. The molecule has 0 saturated heterocycles. The summed E-state index contributed by atoms with van der Waals surface area (Å²) in [7, 11) is 2.00. The Morgan fingerprint density at radius 2 is 1.87 bits per heavy atom. The third-order valence-electron chi connectivity index (χ3n) is 7.35. The average Bonchev–Trinajstić information content (AvgIpc) is 3.08. The number of hydrogen-bond acceptors (Lipinski definition) is 3. The van der Waals surface area contributed by atoms with Gasteiger partial charge in [0.15, 0.2) is 5.78 Å². The van der Waals surface area contributed by atoms with Crippen LogP contribution in [0.25, 0.3) is 22.0 Å². The maximum atomic E-state index is 12.9. The van der Waals surface area contributed by atoms with E-state index in [0.29, 0.717) is 0 Å². The molecule has 0 saturated carbocycles. The van der Waals surface area contributed by atoms with E-state index in [1.54, 1.807) is 0 Å². The van der Waals surface area contributed by atoms with Gasteiger partial charge in [-0.1, -0.05) is 63.2 Å². The lowest BCUT2D eigenvalue weighted by Gasteiger charge is -2.49. The molecule has 2 atom stereocenters. The first-order chi connectivity index (χ1) is 14.3. The summed E-state index contributed by atoms with van der Waals surface area (Å²) in [5, 5.41) is 17.0. The molecule has 1 heterocycles. The van der Waals surface area contributed by atoms with Crippen LogP contribution in [0.5, 0.6) is 0 Å². The van der Waals surface area contributed by atoms with Crippen molar-refractivity contribution in [3.8, 4) is 17.3 Å². The molecule has 2 aromatic carbocycles. The smallest absolute Gasteiger partial charge is 0.178 e. The van der Waals surface area contributed by atoms with Gasteiger partial charge in [-0.2, -0.15) is 10.4 Å². The maximum absolute atomic E-state index is 12.9. The summed E-state index contributed by atoms with van der Waals surface area (Å²) in [5.41, 5.74) is 3.81. The Hall–Kier alpha value is -3.19. The van der Waals surface area contributed by atoms with E-state index in [1.807, 2.05) is 31.7 Å². The van der Waals surface area contributed by atoms with Crippen LogP contribution in [0.15, 0.2) is 54.1 Å². The molecule has 0 N–H and O–H groups in total. The largest absolute Gasteiger partial charge is 0.293 e. The molecule has 0 radical (unpaired) electrons. The number of hydrogen-bond donors (Lipinski definition) is 0. The molecule has 4 heteroatoms. The predicted molar refractivity (Wildman–Crippen MR) is 118 cm³/mol. The molecular formula is C26H25N3O. The molecule has 0 aliphatic heterocycles. The predicted octanol–water partition coefficient (Wildman–Crippen LogP) is 5.12. The topological polar surface area (TPSA) is 58.7 Å². The van der Waals surface area contributed by atoms with Crippen molar-refractivity contribution < 1.29 is 4.79 Å². The van der Waals surface area contributed by atoms with Gasteiger partial charge in [-0.25, -0.2) is 0 Å². The summed E-state index contributed by atoms with van der Waals surface area (Å²) >= 11 is 0. The van der Waals surface area contributed by atoms with Crippen LogP contribution in [0.2, 0.25) is 0 Å². The Balaban J connectivity index is 1.73. The fourth-order valence-electron chi connectivity index (χ4n) is 5.92. The van der Waals surface area contributed by atoms with Gasteiger partial charge in [-0.15, -0.1) is 0 Å². The number of carbonyl (C=O) groups excluding carboxylic acids is 1. The van der Waals surface area contributed by atoms with Crippen molar-refractivity contribution >= 4 is 16.6 Å². The van der Waals surface area contributed by atoms with Gasteiger partial charge in [0, 0.05) is 29.0 Å². The van der Waals surface area contributed by atoms with Gasteiger partial charge < -0.3 is 0 Å². The van der Waals surface area contributed by atoms with Crippen molar-refractivity contribution in [3.05, 3.63) is 65.4 Å². The normalized spacial score (nSPS) is 24.7. The number of aryl methyl sites for hydroxylation is 1. The molecule has 30 heavy (non-hydrogen) atoms. The summed E-state index contributed by atoms with van der Waals surface area (Å²) in [4.78, 5) is 12.9. The zero-order chi connectivity index (χ0) is 21.3. The maximum Gasteiger partial charge on any atom is 0.178 e. The molecule has 2 aliphatic rings. The highest BCUT2D eigenvalue weighted by Gasteiger charge is 2.55. The fourth-order valence-corrected chi connectivity index (χ4v) is 5.92. The Labute approximate surface area is 176 Å². The van der Waals surface area contributed by atoms with Gasteiger partial charge in [0.1, 0.15) is 6.07 Å². The quantitative estimate of drug-likeness (QED) is 0.575. The molecule has 0 fully saturated rings. The number of nitrogens with zero attached hydrogens (tertiary/aromatic N) is 3. The molecule has 1 unspecified atom stereocenters. The minimum Gasteiger partial charge on any atom is -0.293 e. The van der Waals surface area contributed by atoms with Crippen LogP contribution in [-0.4, -0.2) is 15.6 Å². The van der Waals surface area contributed by atoms with E-state index >= 15 is 0 Å². The SMILES string of the molecule is Cn1nc2c(c1-c1ccc3ccccc3c1)CCC1C(C)(C)C(=O)C(C#N)=C[C@]21C. The number of benzene rings is 2. The van der Waals surface area contributed by atoms with Crippen LogP contribution in [0, 0.1) is 22.7 Å². The average molecular weight is 396 g/mol. The molecule has 150 valence electrons. The first-order valence-electron chi connectivity index (χ1n) is 10.5. The van der Waals surface area contributed by atoms with Gasteiger partial charge in [-0.3, -0.25) is 9.48 Å². The summed E-state index contributed by atoms with van der Waals surface area (Å²) in [6.07, 6.45) is 3.68. The summed E-state index contributed by atoms with van der Waals surface area (Å²) < 4.78 is 1.98. The first kappa shape index (κ1) is 18.8. The Kier molecular flexibility index (Phi) is 3.86. The van der Waals surface area contributed by atoms with E-state index in [2.05, 4.69) is 55.5 Å². The number of aromatic nitrogens is 2. The molecule has 0 amide bonds. The van der Waals surface area contributed by atoms with Crippen LogP contribution in [0.3, 0.4) is 0 Å². The monoisotopic (exact) mass is 395 g/mol. The van der Waals surface area contributed by atoms with Gasteiger partial charge in [0.25, 0.3) is 0 Å². The molecule has 5 rings (SSSR count). The molecule has 4 nitrogen and oxygen atoms in total. The lowest BCUT2D eigenvalue weighted by atomic mass is 9.52. The number of rotatable bonds is 1. The highest BCUT2D eigenvalue weighted by Crippen LogP contribution is 2.55. The number of ketones is 1. The van der Waals surface area contributed by atoms with Gasteiger partial charge in [0.2, 0.25) is 0 Å². The molecule has 1 aromatic heterocycles. The van der Waals surface area contributed by atoms with Crippen LogP contribution in [0.4, 0.5) is 0 Å². The van der Waals surface area contributed by atoms with E-state index in [9.17, 15) is 10.1 Å². The fraction of sp³-hybridized carbons (Fsp3) is 0.346. The van der Waals surface area contributed by atoms with Crippen LogP contribution in [0.1, 0.15) is 38.4 Å². The van der Waals surface area contributed by atoms with Crippen molar-refractivity contribution in [1.29, 1.82) is 5.26 Å². The summed E-state index contributed by atoms with van der Waals surface area (Å²) in [6, 6.07) is 17.1. The van der Waals surface area contributed by atoms with E-state index in [0.717, 1.165) is 29.8 Å². The highest BCUT2D eigenvalue weighted by atomic mass is 16.1. The summed E-state index contributed by atoms with van der Waals surface area (Å²) in [6.45, 7) is 6.12. The van der Waals surface area contributed by atoms with E-state index < -0.39 is 10.8 Å². The van der Waals surface area contributed by atoms with E-state index in [-0.39, 0.29) is 17.3 Å². The van der Waals surface area contributed by atoms with Crippen molar-refractivity contribution in [2.45, 2.75) is 39.0 Å². The van der Waals surface area contributed by atoms with Crippen LogP contribution < -0.4 is 0 Å². The molecular weight excluding hydrogens is 370 g/mol. The highest BCUT2D eigenvalue weighted by molar-refractivity contribution is 6.04. The van der Waals surface area contributed by atoms with Crippen LogP contribution >= 0.6 is 0 Å². The number of carbonyl (C=O) groups is 1. The third kappa shape index (κ3) is 2.38. The van der Waals surface area contributed by atoms with Gasteiger partial charge >= 0.3 is 0 Å². The first-order valence-corrected chi connectivity index (χ1v) is 10.5. The standard InChI is InChI=1S/C26H25N3O/c1-25(2)21-12-11-20-22(18-10-9-16-7-5-6-8-17(16)13-18)29(4)28-23(20)26(21,3)14-19(15-27)24(25)30/h5-10,13-14,21H,11-12H2,1-4H3/t21?,26-/m0/s1. The molecule has 3 aromatic rings. The second-order valence-corrected chi connectivity index (χ2v) is 9.46. The second-order valence-electron chi connectivity index (χ2n) is 9.46. The van der Waals surface area contributed by atoms with Crippen molar-refractivity contribution in [3.63, 3.8) is 0 Å². The van der Waals surface area contributed by atoms with E-state index in [4.69, 9.17) is 5.10 Å². The zero-order valence-electron chi connectivity index (χ0n) is 17.9. The number of allylic oxidation sites excluding steroid dienone is 2. The van der Waals surface area contributed by atoms with Crippen molar-refractivity contribution in [2.75, 3.05) is 0 Å². The molecule has 0 bridgehead atoms. The summed E-state index contributed by atoms with van der Waals surface area (Å²) in [5.74, 6) is 0.0862. The Morgan fingerprint density at radius 3 is 2.60 bits per heavy atom.